The molecule has 2 aromatic rings. The molecule has 0 aliphatic rings. The summed E-state index contributed by atoms with van der Waals surface area (Å²) in [5, 5.41) is 2.49. The fraction of sp³-hybridized carbons (Fsp3) is 0.267. The van der Waals surface area contributed by atoms with Gasteiger partial charge in [0.2, 0.25) is 0 Å². The molecule has 0 atom stereocenters. The van der Waals surface area contributed by atoms with Crippen LogP contribution in [-0.2, 0) is 16.0 Å². The molecule has 0 saturated heterocycles. The van der Waals surface area contributed by atoms with Crippen molar-refractivity contribution in [2.75, 3.05) is 7.11 Å². The highest BCUT2D eigenvalue weighted by molar-refractivity contribution is 5.88. The predicted molar refractivity (Wildman–Crippen MR) is 69.0 cm³/mol. The number of benzene rings is 2. The van der Waals surface area contributed by atoms with Gasteiger partial charge in [0.25, 0.3) is 0 Å². The first kappa shape index (κ1) is 11.6. The maximum atomic E-state index is 11.2. The largest absolute Gasteiger partial charge is 0.469 e. The molecule has 0 aliphatic carbocycles. The molecule has 0 spiro atoms. The molecule has 0 saturated carbocycles. The summed E-state index contributed by atoms with van der Waals surface area (Å²) in [6.45, 7) is 2.10. The smallest absolute Gasteiger partial charge is 0.305 e. The molecule has 0 aliphatic heterocycles. The van der Waals surface area contributed by atoms with E-state index in [4.69, 9.17) is 0 Å². The minimum absolute atomic E-state index is 0.158. The van der Waals surface area contributed by atoms with Crippen LogP contribution in [0.15, 0.2) is 36.4 Å². The summed E-state index contributed by atoms with van der Waals surface area (Å²) in [5.74, 6) is -0.158. The highest BCUT2D eigenvalue weighted by Gasteiger charge is 2.06. The van der Waals surface area contributed by atoms with Gasteiger partial charge in [0.15, 0.2) is 0 Å². The summed E-state index contributed by atoms with van der Waals surface area (Å²) in [4.78, 5) is 11.2. The average Bonchev–Trinajstić information content (AvgIpc) is 2.38. The highest BCUT2D eigenvalue weighted by Crippen LogP contribution is 2.23. The third-order valence-corrected chi connectivity index (χ3v) is 3.06. The Kier molecular flexibility index (Phi) is 3.43. The average molecular weight is 228 g/mol. The van der Waals surface area contributed by atoms with E-state index in [0.717, 1.165) is 6.42 Å². The zero-order valence-electron chi connectivity index (χ0n) is 10.2. The maximum absolute atomic E-state index is 11.2. The van der Waals surface area contributed by atoms with Gasteiger partial charge >= 0.3 is 5.97 Å². The Hall–Kier alpha value is -1.83. The van der Waals surface area contributed by atoms with Crippen molar-refractivity contribution in [2.24, 2.45) is 0 Å². The second kappa shape index (κ2) is 5.00. The number of aryl methyl sites for hydroxylation is 2. The van der Waals surface area contributed by atoms with Crippen LogP contribution < -0.4 is 0 Å². The second-order valence-corrected chi connectivity index (χ2v) is 4.16. The molecule has 0 heterocycles. The summed E-state index contributed by atoms with van der Waals surface area (Å²) in [6, 6.07) is 12.5. The predicted octanol–water partition coefficient (Wildman–Crippen LogP) is 3.25. The van der Waals surface area contributed by atoms with Crippen LogP contribution in [0.25, 0.3) is 10.8 Å². The molecule has 2 aromatic carbocycles. The summed E-state index contributed by atoms with van der Waals surface area (Å²) in [7, 11) is 1.43. The first-order valence-corrected chi connectivity index (χ1v) is 5.76. The van der Waals surface area contributed by atoms with Gasteiger partial charge in [-0.25, -0.2) is 0 Å². The molecular formula is C15H16O2. The fourth-order valence-electron chi connectivity index (χ4n) is 2.07. The van der Waals surface area contributed by atoms with E-state index in [1.54, 1.807) is 0 Å². The van der Waals surface area contributed by atoms with Crippen LogP contribution in [0, 0.1) is 6.92 Å². The molecule has 17 heavy (non-hydrogen) atoms. The number of carbonyl (C=O) groups is 1. The van der Waals surface area contributed by atoms with Crippen LogP contribution in [0.2, 0.25) is 0 Å². The van der Waals surface area contributed by atoms with Crippen LogP contribution in [0.1, 0.15) is 17.5 Å². The van der Waals surface area contributed by atoms with Crippen molar-refractivity contribution in [3.63, 3.8) is 0 Å². The molecule has 2 heteroatoms. The molecule has 0 bridgehead atoms. The standard InChI is InChI=1S/C15H16O2/c1-11-7-8-12(9-10-15(16)17-2)14-6-4-3-5-13(11)14/h3-8H,9-10H2,1-2H3. The molecule has 0 radical (unpaired) electrons. The molecule has 0 aromatic heterocycles. The van der Waals surface area contributed by atoms with Crippen LogP contribution >= 0.6 is 0 Å². The van der Waals surface area contributed by atoms with Gasteiger partial charge < -0.3 is 4.74 Å². The molecule has 0 N–H and O–H groups in total. The molecule has 2 rings (SSSR count). The number of esters is 1. The summed E-state index contributed by atoms with van der Waals surface area (Å²) in [6.07, 6.45) is 1.16. The summed E-state index contributed by atoms with van der Waals surface area (Å²) >= 11 is 0. The Balaban J connectivity index is 2.35. The van der Waals surface area contributed by atoms with Crippen LogP contribution in [0.5, 0.6) is 0 Å². The summed E-state index contributed by atoms with van der Waals surface area (Å²) in [5.41, 5.74) is 2.47. The normalized spacial score (nSPS) is 10.5. The van der Waals surface area contributed by atoms with Gasteiger partial charge in [0.1, 0.15) is 0 Å². The van der Waals surface area contributed by atoms with Crippen molar-refractivity contribution < 1.29 is 9.53 Å². The second-order valence-electron chi connectivity index (χ2n) is 4.16. The lowest BCUT2D eigenvalue weighted by atomic mass is 9.98. The van der Waals surface area contributed by atoms with E-state index in [-0.39, 0.29) is 5.97 Å². The van der Waals surface area contributed by atoms with Crippen LogP contribution in [0.3, 0.4) is 0 Å². The fourth-order valence-corrected chi connectivity index (χ4v) is 2.07. The van der Waals surface area contributed by atoms with Gasteiger partial charge in [0.05, 0.1) is 7.11 Å². The Morgan fingerprint density at radius 3 is 2.53 bits per heavy atom. The van der Waals surface area contributed by atoms with E-state index < -0.39 is 0 Å². The summed E-state index contributed by atoms with van der Waals surface area (Å²) < 4.78 is 4.67. The number of ether oxygens (including phenoxy) is 1. The highest BCUT2D eigenvalue weighted by atomic mass is 16.5. The van der Waals surface area contributed by atoms with E-state index in [0.29, 0.717) is 6.42 Å². The van der Waals surface area contributed by atoms with E-state index in [2.05, 4.69) is 35.9 Å². The number of rotatable bonds is 3. The number of fused-ring (bicyclic) bond motifs is 1. The SMILES string of the molecule is COC(=O)CCc1ccc(C)c2ccccc12. The molecule has 0 fully saturated rings. The monoisotopic (exact) mass is 228 g/mol. The van der Waals surface area contributed by atoms with Crippen molar-refractivity contribution >= 4 is 16.7 Å². The van der Waals surface area contributed by atoms with Gasteiger partial charge in [-0.1, -0.05) is 36.4 Å². The number of hydrogen-bond donors (Lipinski definition) is 0. The minimum Gasteiger partial charge on any atom is -0.469 e. The van der Waals surface area contributed by atoms with E-state index >= 15 is 0 Å². The molecule has 88 valence electrons. The van der Waals surface area contributed by atoms with Gasteiger partial charge in [0, 0.05) is 6.42 Å². The zero-order chi connectivity index (χ0) is 12.3. The van der Waals surface area contributed by atoms with Crippen molar-refractivity contribution in [1.82, 2.24) is 0 Å². The Morgan fingerprint density at radius 1 is 1.12 bits per heavy atom. The van der Waals surface area contributed by atoms with E-state index in [9.17, 15) is 4.79 Å². The first-order chi connectivity index (χ1) is 8.22. The lowest BCUT2D eigenvalue weighted by Crippen LogP contribution is -2.02. The maximum Gasteiger partial charge on any atom is 0.305 e. The van der Waals surface area contributed by atoms with E-state index in [1.165, 1.54) is 29.0 Å². The lowest BCUT2D eigenvalue weighted by molar-refractivity contribution is -0.140. The van der Waals surface area contributed by atoms with E-state index in [1.807, 2.05) is 12.1 Å². The van der Waals surface area contributed by atoms with Crippen molar-refractivity contribution in [2.45, 2.75) is 19.8 Å². The number of carbonyl (C=O) groups excluding carboxylic acids is 1. The Labute approximate surface area is 101 Å². The van der Waals surface area contributed by atoms with Crippen molar-refractivity contribution in [1.29, 1.82) is 0 Å². The van der Waals surface area contributed by atoms with Gasteiger partial charge in [-0.3, -0.25) is 4.79 Å². The Morgan fingerprint density at radius 2 is 1.82 bits per heavy atom. The van der Waals surface area contributed by atoms with Gasteiger partial charge in [-0.2, -0.15) is 0 Å². The molecule has 0 amide bonds. The quantitative estimate of drug-likeness (QED) is 0.754. The zero-order valence-corrected chi connectivity index (χ0v) is 10.2. The van der Waals surface area contributed by atoms with Crippen LogP contribution in [0.4, 0.5) is 0 Å². The molecule has 0 unspecified atom stereocenters. The Bertz CT molecular complexity index is 544. The first-order valence-electron chi connectivity index (χ1n) is 5.76. The van der Waals surface area contributed by atoms with Gasteiger partial charge in [-0.05, 0) is 35.2 Å². The molecule has 2 nitrogen and oxygen atoms in total. The topological polar surface area (TPSA) is 26.3 Å². The third kappa shape index (κ3) is 2.47. The minimum atomic E-state index is -0.158. The van der Waals surface area contributed by atoms with Crippen molar-refractivity contribution in [3.05, 3.63) is 47.5 Å². The third-order valence-electron chi connectivity index (χ3n) is 3.06. The van der Waals surface area contributed by atoms with Crippen LogP contribution in [-0.4, -0.2) is 13.1 Å². The van der Waals surface area contributed by atoms with Gasteiger partial charge in [-0.15, -0.1) is 0 Å². The lowest BCUT2D eigenvalue weighted by Gasteiger charge is -2.08. The number of hydrogen-bond acceptors (Lipinski definition) is 2. The van der Waals surface area contributed by atoms with Crippen molar-refractivity contribution in [3.8, 4) is 0 Å². The number of methoxy groups -OCH3 is 1. The molecular weight excluding hydrogens is 212 g/mol.